The second-order valence-corrected chi connectivity index (χ2v) is 6.76. The first-order chi connectivity index (χ1) is 7.66. The maximum Gasteiger partial charge on any atom is 0.402 e. The molecule has 17 heavy (non-hydrogen) atoms. The molecule has 0 fully saturated rings. The van der Waals surface area contributed by atoms with Gasteiger partial charge in [0.25, 0.3) is 10.0 Å². The predicted molar refractivity (Wildman–Crippen MR) is 57.6 cm³/mol. The van der Waals surface area contributed by atoms with Gasteiger partial charge in [-0.05, 0) is 0 Å². The molecule has 0 aliphatic heterocycles. The Morgan fingerprint density at radius 3 is 2.47 bits per heavy atom. The van der Waals surface area contributed by atoms with Crippen LogP contribution in [0.15, 0.2) is 10.4 Å². The van der Waals surface area contributed by atoms with E-state index in [0.29, 0.717) is 15.6 Å². The summed E-state index contributed by atoms with van der Waals surface area (Å²) in [5.74, 6) is 0. The molecule has 0 saturated carbocycles. The highest BCUT2D eigenvalue weighted by Crippen LogP contribution is 2.27. The molecule has 0 saturated heterocycles. The zero-order valence-electron chi connectivity index (χ0n) is 8.53. The lowest BCUT2D eigenvalue weighted by molar-refractivity contribution is -0.135. The van der Waals surface area contributed by atoms with E-state index >= 15 is 0 Å². The van der Waals surface area contributed by atoms with Gasteiger partial charge in [0.05, 0.1) is 6.20 Å². The molecule has 10 heteroatoms. The monoisotopic (exact) mass is 308 g/mol. The molecule has 0 amide bonds. The smallest absolute Gasteiger partial charge is 0.232 e. The summed E-state index contributed by atoms with van der Waals surface area (Å²) < 4.78 is 60.2. The Bertz CT molecular complexity index is 486. The van der Waals surface area contributed by atoms with E-state index in [-0.39, 0.29) is 15.2 Å². The molecule has 0 aliphatic carbocycles. The first-order valence-corrected chi connectivity index (χ1v) is 6.98. The second kappa shape index (κ2) is 5.09. The van der Waals surface area contributed by atoms with Crippen LogP contribution in [-0.4, -0.2) is 37.0 Å². The third-order valence-electron chi connectivity index (χ3n) is 1.76. The highest BCUT2D eigenvalue weighted by Gasteiger charge is 2.36. The third-order valence-corrected chi connectivity index (χ3v) is 5.23. The van der Waals surface area contributed by atoms with Gasteiger partial charge in [0.2, 0.25) is 0 Å². The van der Waals surface area contributed by atoms with Crippen molar-refractivity contribution in [1.82, 2.24) is 9.29 Å². The summed E-state index contributed by atoms with van der Waals surface area (Å²) in [4.78, 5) is 3.49. The van der Waals surface area contributed by atoms with E-state index in [2.05, 4.69) is 4.98 Å². The van der Waals surface area contributed by atoms with Crippen molar-refractivity contribution in [3.8, 4) is 0 Å². The first kappa shape index (κ1) is 14.7. The number of rotatable bonds is 4. The lowest BCUT2D eigenvalue weighted by atomic mass is 10.6. The van der Waals surface area contributed by atoms with E-state index in [4.69, 9.17) is 11.6 Å². The summed E-state index contributed by atoms with van der Waals surface area (Å²) in [6.45, 7) is -0.482. The molecule has 0 bridgehead atoms. The molecule has 0 spiro atoms. The maximum atomic E-state index is 12.2. The van der Waals surface area contributed by atoms with Gasteiger partial charge in [-0.25, -0.2) is 13.4 Å². The van der Waals surface area contributed by atoms with Crippen molar-refractivity contribution >= 4 is 33.0 Å². The van der Waals surface area contributed by atoms with Crippen LogP contribution in [0.2, 0.25) is 4.47 Å². The van der Waals surface area contributed by atoms with Crippen LogP contribution in [-0.2, 0) is 10.0 Å². The van der Waals surface area contributed by atoms with E-state index < -0.39 is 22.7 Å². The van der Waals surface area contributed by atoms with Crippen molar-refractivity contribution in [3.05, 3.63) is 10.7 Å². The molecule has 1 aromatic rings. The van der Waals surface area contributed by atoms with Crippen LogP contribution < -0.4 is 0 Å². The van der Waals surface area contributed by atoms with Crippen LogP contribution in [0, 0.1) is 0 Å². The van der Waals surface area contributed by atoms with Crippen molar-refractivity contribution in [1.29, 1.82) is 0 Å². The minimum atomic E-state index is -4.59. The molecular formula is C7H8ClF3N2O2S2. The number of halogens is 4. The second-order valence-electron chi connectivity index (χ2n) is 2.98. The average Bonchev–Trinajstić information content (AvgIpc) is 2.60. The van der Waals surface area contributed by atoms with Crippen molar-refractivity contribution in [3.63, 3.8) is 0 Å². The van der Waals surface area contributed by atoms with Crippen molar-refractivity contribution in [2.75, 3.05) is 13.1 Å². The minimum Gasteiger partial charge on any atom is -0.232 e. The normalized spacial score (nSPS) is 13.3. The van der Waals surface area contributed by atoms with E-state index in [9.17, 15) is 21.6 Å². The fourth-order valence-corrected chi connectivity index (χ4v) is 3.94. The quantitative estimate of drug-likeness (QED) is 0.858. The van der Waals surface area contributed by atoms with Gasteiger partial charge in [0.1, 0.15) is 6.54 Å². The number of aromatic nitrogens is 1. The third kappa shape index (κ3) is 3.80. The Morgan fingerprint density at radius 2 is 2.12 bits per heavy atom. The van der Waals surface area contributed by atoms with Gasteiger partial charge in [-0.2, -0.15) is 17.5 Å². The molecule has 4 nitrogen and oxygen atoms in total. The summed E-state index contributed by atoms with van der Waals surface area (Å²) >= 11 is 6.07. The van der Waals surface area contributed by atoms with E-state index in [1.807, 2.05) is 0 Å². The van der Waals surface area contributed by atoms with E-state index in [1.165, 1.54) is 6.92 Å². The first-order valence-electron chi connectivity index (χ1n) is 4.35. The van der Waals surface area contributed by atoms with Crippen LogP contribution in [0.3, 0.4) is 0 Å². The Labute approximate surface area is 105 Å². The molecule has 1 rings (SSSR count). The molecular weight excluding hydrogens is 301 g/mol. The molecule has 0 aliphatic rings. The summed E-state index contributed by atoms with van der Waals surface area (Å²) in [7, 11) is -4.18. The lowest BCUT2D eigenvalue weighted by Gasteiger charge is -2.20. The molecule has 0 atom stereocenters. The van der Waals surface area contributed by atoms with E-state index in [0.717, 1.165) is 6.20 Å². The molecule has 1 heterocycles. The van der Waals surface area contributed by atoms with Crippen LogP contribution in [0.1, 0.15) is 6.92 Å². The molecule has 0 aromatic carbocycles. The fourth-order valence-electron chi connectivity index (χ4n) is 1.05. The number of nitrogens with zero attached hydrogens (tertiary/aromatic N) is 2. The van der Waals surface area contributed by atoms with Crippen LogP contribution >= 0.6 is 22.9 Å². The lowest BCUT2D eigenvalue weighted by Crippen LogP contribution is -2.38. The van der Waals surface area contributed by atoms with Gasteiger partial charge in [0, 0.05) is 6.54 Å². The van der Waals surface area contributed by atoms with Crippen molar-refractivity contribution < 1.29 is 21.6 Å². The number of hydrogen-bond acceptors (Lipinski definition) is 4. The van der Waals surface area contributed by atoms with Crippen LogP contribution in [0.5, 0.6) is 0 Å². The van der Waals surface area contributed by atoms with Gasteiger partial charge in [-0.3, -0.25) is 0 Å². The topological polar surface area (TPSA) is 50.3 Å². The highest BCUT2D eigenvalue weighted by atomic mass is 35.5. The van der Waals surface area contributed by atoms with Gasteiger partial charge < -0.3 is 0 Å². The number of alkyl halides is 3. The SMILES string of the molecule is CCN(CC(F)(F)F)S(=O)(=O)c1cnc(Cl)s1. The van der Waals surface area contributed by atoms with Gasteiger partial charge in [0.15, 0.2) is 8.68 Å². The average molecular weight is 309 g/mol. The summed E-state index contributed by atoms with van der Waals surface area (Å²) in [6.07, 6.45) is -3.64. The fraction of sp³-hybridized carbons (Fsp3) is 0.571. The van der Waals surface area contributed by atoms with Gasteiger partial charge in [-0.1, -0.05) is 29.9 Å². The minimum absolute atomic E-state index is 0.0355. The number of thiazole rings is 1. The Morgan fingerprint density at radius 1 is 1.53 bits per heavy atom. The molecule has 0 radical (unpaired) electrons. The van der Waals surface area contributed by atoms with Gasteiger partial charge in [-0.15, -0.1) is 0 Å². The predicted octanol–water partition coefficient (Wildman–Crippen LogP) is 2.37. The van der Waals surface area contributed by atoms with Crippen LogP contribution in [0.4, 0.5) is 13.2 Å². The van der Waals surface area contributed by atoms with Crippen LogP contribution in [0.25, 0.3) is 0 Å². The highest BCUT2D eigenvalue weighted by molar-refractivity contribution is 7.91. The van der Waals surface area contributed by atoms with Crippen molar-refractivity contribution in [2.45, 2.75) is 17.3 Å². The Kier molecular flexibility index (Phi) is 4.39. The number of sulfonamides is 1. The molecule has 0 unspecified atom stereocenters. The maximum absolute atomic E-state index is 12.2. The zero-order chi connectivity index (χ0) is 13.3. The van der Waals surface area contributed by atoms with Crippen molar-refractivity contribution in [2.24, 2.45) is 0 Å². The van der Waals surface area contributed by atoms with Gasteiger partial charge >= 0.3 is 6.18 Å². The molecule has 98 valence electrons. The summed E-state index contributed by atoms with van der Waals surface area (Å²) in [5.41, 5.74) is 0. The largest absolute Gasteiger partial charge is 0.402 e. The zero-order valence-corrected chi connectivity index (χ0v) is 10.9. The Hall–Kier alpha value is -0.380. The summed E-state index contributed by atoms with van der Waals surface area (Å²) in [6, 6.07) is 0. The summed E-state index contributed by atoms with van der Waals surface area (Å²) in [5, 5.41) is 0. The standard InChI is InChI=1S/C7H8ClF3N2O2S2/c1-2-13(4-7(9,10)11)17(14,15)5-3-12-6(8)16-5/h3H,2,4H2,1H3. The molecule has 1 aromatic heterocycles. The van der Waals surface area contributed by atoms with E-state index in [1.54, 1.807) is 0 Å². The number of hydrogen-bond donors (Lipinski definition) is 0. The molecule has 0 N–H and O–H groups in total. The Balaban J connectivity index is 3.03.